The van der Waals surface area contributed by atoms with E-state index >= 15 is 0 Å². The molecule has 2 aromatic carbocycles. The summed E-state index contributed by atoms with van der Waals surface area (Å²) < 4.78 is 30.6. The number of nitrogens with zero attached hydrogens (tertiary/aromatic N) is 2. The number of hydrogen-bond acceptors (Lipinski definition) is 6. The van der Waals surface area contributed by atoms with Crippen molar-refractivity contribution in [2.24, 2.45) is 13.0 Å². The van der Waals surface area contributed by atoms with Gasteiger partial charge in [0.05, 0.1) is 40.9 Å². The molecular weight excluding hydrogens is 456 g/mol. The van der Waals surface area contributed by atoms with Gasteiger partial charge in [-0.2, -0.15) is 0 Å². The van der Waals surface area contributed by atoms with E-state index in [1.165, 1.54) is 7.11 Å². The van der Waals surface area contributed by atoms with Crippen molar-refractivity contribution < 1.29 is 22.7 Å². The molecule has 10 heteroatoms. The van der Waals surface area contributed by atoms with E-state index in [4.69, 9.17) is 4.74 Å². The minimum atomic E-state index is -3.02. The monoisotopic (exact) mass is 484 g/mol. The lowest BCUT2D eigenvalue weighted by Crippen LogP contribution is -2.30. The summed E-state index contributed by atoms with van der Waals surface area (Å²) in [7, 11) is 0.352. The lowest BCUT2D eigenvalue weighted by atomic mass is 10.1. The highest BCUT2D eigenvalue weighted by atomic mass is 32.2. The van der Waals surface area contributed by atoms with E-state index in [-0.39, 0.29) is 35.8 Å². The smallest absolute Gasteiger partial charge is 0.259 e. The average Bonchev–Trinajstić information content (AvgIpc) is 3.35. The molecule has 1 aliphatic heterocycles. The molecule has 2 N–H and O–H groups in total. The second-order valence-corrected chi connectivity index (χ2v) is 10.7. The van der Waals surface area contributed by atoms with Gasteiger partial charge in [-0.25, -0.2) is 13.4 Å². The van der Waals surface area contributed by atoms with E-state index in [9.17, 15) is 18.0 Å². The normalized spacial score (nSPS) is 17.0. The second kappa shape index (κ2) is 9.46. The van der Waals surface area contributed by atoms with Crippen LogP contribution in [0.4, 0.5) is 5.69 Å². The average molecular weight is 485 g/mol. The summed E-state index contributed by atoms with van der Waals surface area (Å²) >= 11 is 0. The predicted octanol–water partition coefficient (Wildman–Crippen LogP) is 2.56. The minimum absolute atomic E-state index is 0.0899. The standard InChI is InChI=1S/C24H28N4O5S/c1-4-21-26-18-11-16(23(29)25-13-15-9-10-34(31,32)14-15)12-19(22(18)28(21)2)27-24(30)17-7-5-6-8-20(17)33-3/h5-8,11-12,15H,4,9-10,13-14H2,1-3H3,(H,25,29)(H,27,30). The van der Waals surface area contributed by atoms with Gasteiger partial charge in [0.1, 0.15) is 11.6 Å². The van der Waals surface area contributed by atoms with Gasteiger partial charge in [0, 0.05) is 25.6 Å². The molecule has 34 heavy (non-hydrogen) atoms. The number of fused-ring (bicyclic) bond motifs is 1. The highest BCUT2D eigenvalue weighted by Crippen LogP contribution is 2.28. The highest BCUT2D eigenvalue weighted by molar-refractivity contribution is 7.91. The van der Waals surface area contributed by atoms with Gasteiger partial charge in [-0.05, 0) is 36.6 Å². The zero-order valence-corrected chi connectivity index (χ0v) is 20.2. The summed E-state index contributed by atoms with van der Waals surface area (Å²) in [6.45, 7) is 2.26. The number of carbonyl (C=O) groups is 2. The van der Waals surface area contributed by atoms with Gasteiger partial charge in [-0.1, -0.05) is 19.1 Å². The van der Waals surface area contributed by atoms with Crippen LogP contribution in [0.15, 0.2) is 36.4 Å². The number of methoxy groups -OCH3 is 1. The number of amides is 2. The van der Waals surface area contributed by atoms with E-state index in [2.05, 4.69) is 15.6 Å². The third kappa shape index (κ3) is 4.77. The maximum atomic E-state index is 13.1. The number of aromatic nitrogens is 2. The zero-order chi connectivity index (χ0) is 24.5. The maximum absolute atomic E-state index is 13.1. The largest absolute Gasteiger partial charge is 0.496 e. The maximum Gasteiger partial charge on any atom is 0.259 e. The molecule has 9 nitrogen and oxygen atoms in total. The van der Waals surface area contributed by atoms with Gasteiger partial charge in [0.15, 0.2) is 9.84 Å². The third-order valence-corrected chi connectivity index (χ3v) is 7.96. The molecule has 1 saturated heterocycles. The molecule has 3 aromatic rings. The lowest BCUT2D eigenvalue weighted by molar-refractivity contribution is 0.0947. The SMILES string of the molecule is CCc1nc2cc(C(=O)NCC3CCS(=O)(=O)C3)cc(NC(=O)c3ccccc3OC)c2n1C. The van der Waals surface area contributed by atoms with E-state index in [1.807, 2.05) is 18.5 Å². The molecule has 1 unspecified atom stereocenters. The third-order valence-electron chi connectivity index (χ3n) is 6.12. The molecule has 1 fully saturated rings. The molecule has 1 atom stereocenters. The number of rotatable bonds is 7. The van der Waals surface area contributed by atoms with E-state index in [0.29, 0.717) is 46.4 Å². The Morgan fingerprint density at radius 1 is 1.21 bits per heavy atom. The Bertz CT molecular complexity index is 1360. The number of benzene rings is 2. The van der Waals surface area contributed by atoms with E-state index in [1.54, 1.807) is 36.4 Å². The Labute approximate surface area is 198 Å². The molecule has 2 heterocycles. The Kier molecular flexibility index (Phi) is 6.60. The molecule has 2 amide bonds. The Morgan fingerprint density at radius 3 is 2.65 bits per heavy atom. The second-order valence-electron chi connectivity index (χ2n) is 8.47. The van der Waals surface area contributed by atoms with Gasteiger partial charge < -0.3 is 19.9 Å². The first-order valence-corrected chi connectivity index (χ1v) is 13.0. The molecule has 1 aliphatic rings. The number of sulfone groups is 1. The summed E-state index contributed by atoms with van der Waals surface area (Å²) in [5, 5.41) is 5.76. The van der Waals surface area contributed by atoms with Gasteiger partial charge in [-0.3, -0.25) is 9.59 Å². The molecule has 0 aliphatic carbocycles. The number of nitrogens with one attached hydrogen (secondary N) is 2. The first-order chi connectivity index (χ1) is 16.2. The number of imidazole rings is 1. The molecule has 0 bridgehead atoms. The zero-order valence-electron chi connectivity index (χ0n) is 19.4. The van der Waals surface area contributed by atoms with Crippen LogP contribution >= 0.6 is 0 Å². The molecule has 4 rings (SSSR count). The molecular formula is C24H28N4O5S. The van der Waals surface area contributed by atoms with Crippen molar-refractivity contribution >= 4 is 38.4 Å². The topological polar surface area (TPSA) is 119 Å². The van der Waals surface area contributed by atoms with Crippen molar-refractivity contribution in [3.8, 4) is 5.75 Å². The van der Waals surface area contributed by atoms with Crippen molar-refractivity contribution in [3.05, 3.63) is 53.3 Å². The van der Waals surface area contributed by atoms with Gasteiger partial charge in [0.25, 0.3) is 11.8 Å². The van der Waals surface area contributed by atoms with Gasteiger partial charge in [0.2, 0.25) is 0 Å². The molecule has 1 aromatic heterocycles. The summed E-state index contributed by atoms with van der Waals surface area (Å²) in [6, 6.07) is 10.2. The van der Waals surface area contributed by atoms with Gasteiger partial charge >= 0.3 is 0 Å². The van der Waals surface area contributed by atoms with E-state index in [0.717, 1.165) is 5.82 Å². The van der Waals surface area contributed by atoms with Crippen LogP contribution in [0.2, 0.25) is 0 Å². The predicted molar refractivity (Wildman–Crippen MR) is 130 cm³/mol. The van der Waals surface area contributed by atoms with Crippen LogP contribution in [0.3, 0.4) is 0 Å². The summed E-state index contributed by atoms with van der Waals surface area (Å²) in [5.41, 5.74) is 2.46. The fraction of sp³-hybridized carbons (Fsp3) is 0.375. The fourth-order valence-corrected chi connectivity index (χ4v) is 6.20. The molecule has 0 radical (unpaired) electrons. The number of para-hydroxylation sites is 1. The number of aryl methyl sites for hydroxylation is 2. The van der Waals surface area contributed by atoms with Crippen molar-refractivity contribution in [3.63, 3.8) is 0 Å². The van der Waals surface area contributed by atoms with Crippen molar-refractivity contribution in [2.45, 2.75) is 19.8 Å². The summed E-state index contributed by atoms with van der Waals surface area (Å²) in [4.78, 5) is 30.7. The fourth-order valence-electron chi connectivity index (χ4n) is 4.34. The Hall–Kier alpha value is -3.40. The first kappa shape index (κ1) is 23.7. The molecule has 0 saturated carbocycles. The quantitative estimate of drug-likeness (QED) is 0.532. The Balaban J connectivity index is 1.65. The summed E-state index contributed by atoms with van der Waals surface area (Å²) in [5.74, 6) is 0.699. The van der Waals surface area contributed by atoms with Crippen LogP contribution in [0.5, 0.6) is 5.75 Å². The number of hydrogen-bond donors (Lipinski definition) is 2. The van der Waals surface area contributed by atoms with Crippen molar-refractivity contribution in [1.82, 2.24) is 14.9 Å². The number of ether oxygens (including phenoxy) is 1. The van der Waals surface area contributed by atoms with Crippen LogP contribution < -0.4 is 15.4 Å². The van der Waals surface area contributed by atoms with Crippen LogP contribution in [-0.2, 0) is 23.3 Å². The molecule has 0 spiro atoms. The van der Waals surface area contributed by atoms with E-state index < -0.39 is 9.84 Å². The lowest BCUT2D eigenvalue weighted by Gasteiger charge is -2.13. The Morgan fingerprint density at radius 2 is 1.97 bits per heavy atom. The first-order valence-electron chi connectivity index (χ1n) is 11.1. The van der Waals surface area contributed by atoms with Crippen LogP contribution in [-0.4, -0.2) is 54.9 Å². The van der Waals surface area contributed by atoms with Crippen LogP contribution in [0.1, 0.15) is 39.9 Å². The minimum Gasteiger partial charge on any atom is -0.496 e. The highest BCUT2D eigenvalue weighted by Gasteiger charge is 2.28. The summed E-state index contributed by atoms with van der Waals surface area (Å²) in [6.07, 6.45) is 1.23. The van der Waals surface area contributed by atoms with Crippen molar-refractivity contribution in [1.29, 1.82) is 0 Å². The van der Waals surface area contributed by atoms with Crippen molar-refractivity contribution in [2.75, 3.05) is 30.5 Å². The number of anilines is 1. The molecule has 180 valence electrons. The van der Waals surface area contributed by atoms with Gasteiger partial charge in [-0.15, -0.1) is 0 Å². The number of carbonyl (C=O) groups excluding carboxylic acids is 2. The van der Waals surface area contributed by atoms with Crippen LogP contribution in [0.25, 0.3) is 11.0 Å². The van der Waals surface area contributed by atoms with Crippen LogP contribution in [0, 0.1) is 5.92 Å².